The Morgan fingerprint density at radius 2 is 1.90 bits per heavy atom. The third-order valence-electron chi connectivity index (χ3n) is 5.49. The number of hydrogen-bond acceptors (Lipinski definition) is 4. The largest absolute Gasteiger partial charge is 0.493 e. The minimum Gasteiger partial charge on any atom is -0.493 e. The van der Waals surface area contributed by atoms with Gasteiger partial charge in [0.25, 0.3) is 0 Å². The third kappa shape index (κ3) is 3.87. The van der Waals surface area contributed by atoms with Crippen LogP contribution in [0.3, 0.4) is 0 Å². The van der Waals surface area contributed by atoms with Crippen molar-refractivity contribution in [1.82, 2.24) is 4.90 Å². The van der Waals surface area contributed by atoms with E-state index in [9.17, 15) is 4.79 Å². The quantitative estimate of drug-likeness (QED) is 0.585. The van der Waals surface area contributed by atoms with E-state index in [1.54, 1.807) is 25.6 Å². The van der Waals surface area contributed by atoms with Crippen LogP contribution in [0.15, 0.2) is 60.0 Å². The zero-order valence-electron chi connectivity index (χ0n) is 16.8. The van der Waals surface area contributed by atoms with Gasteiger partial charge in [0.2, 0.25) is 5.91 Å². The monoisotopic (exact) mass is 407 g/mol. The number of rotatable bonds is 6. The Morgan fingerprint density at radius 1 is 1.07 bits per heavy atom. The maximum Gasteiger partial charge on any atom is 0.223 e. The minimum absolute atomic E-state index is 0.00842. The van der Waals surface area contributed by atoms with Crippen LogP contribution in [0.2, 0.25) is 0 Å². The van der Waals surface area contributed by atoms with E-state index in [0.29, 0.717) is 24.3 Å². The highest BCUT2D eigenvalue weighted by Gasteiger charge is 2.32. The molecule has 4 rings (SSSR count). The number of fused-ring (bicyclic) bond motifs is 1. The van der Waals surface area contributed by atoms with Gasteiger partial charge in [0.05, 0.1) is 20.3 Å². The first-order chi connectivity index (χ1) is 14.2. The Balaban J connectivity index is 1.57. The average Bonchev–Trinajstić information content (AvgIpc) is 3.25. The van der Waals surface area contributed by atoms with E-state index in [1.165, 1.54) is 16.0 Å². The van der Waals surface area contributed by atoms with Crippen LogP contribution >= 0.6 is 11.3 Å². The predicted octanol–water partition coefficient (Wildman–Crippen LogP) is 4.87. The minimum atomic E-state index is -0.00842. The number of hydrogen-bond donors (Lipinski definition) is 0. The summed E-state index contributed by atoms with van der Waals surface area (Å²) in [6.45, 7) is 0.751. The summed E-state index contributed by atoms with van der Waals surface area (Å²) in [6, 6.07) is 18.3. The number of aryl methyl sites for hydroxylation is 1. The van der Waals surface area contributed by atoms with Crippen molar-refractivity contribution in [3.8, 4) is 11.5 Å². The van der Waals surface area contributed by atoms with Crippen LogP contribution in [0.25, 0.3) is 0 Å². The molecular weight excluding hydrogens is 382 g/mol. The highest BCUT2D eigenvalue weighted by molar-refractivity contribution is 7.10. The molecule has 0 fully saturated rings. The molecule has 2 heterocycles. The summed E-state index contributed by atoms with van der Waals surface area (Å²) in [4.78, 5) is 16.7. The Morgan fingerprint density at radius 3 is 2.66 bits per heavy atom. The molecule has 0 radical (unpaired) electrons. The molecule has 0 aliphatic carbocycles. The summed E-state index contributed by atoms with van der Waals surface area (Å²) in [6.07, 6.45) is 1.98. The Kier molecular flexibility index (Phi) is 5.86. The van der Waals surface area contributed by atoms with Crippen molar-refractivity contribution in [3.63, 3.8) is 0 Å². The molecule has 0 saturated heterocycles. The fourth-order valence-corrected chi connectivity index (χ4v) is 5.02. The molecule has 1 unspecified atom stereocenters. The van der Waals surface area contributed by atoms with Crippen LogP contribution in [0.4, 0.5) is 0 Å². The maximum atomic E-state index is 13.3. The van der Waals surface area contributed by atoms with Gasteiger partial charge >= 0.3 is 0 Å². The molecule has 0 N–H and O–H groups in total. The smallest absolute Gasteiger partial charge is 0.223 e. The predicted molar refractivity (Wildman–Crippen MR) is 116 cm³/mol. The highest BCUT2D eigenvalue weighted by Crippen LogP contribution is 2.38. The molecular formula is C24H25NO3S. The van der Waals surface area contributed by atoms with Crippen molar-refractivity contribution < 1.29 is 14.3 Å². The van der Waals surface area contributed by atoms with E-state index in [1.807, 2.05) is 41.3 Å². The Hall–Kier alpha value is -2.79. The van der Waals surface area contributed by atoms with Gasteiger partial charge in [-0.25, -0.2) is 0 Å². The number of ether oxygens (including phenoxy) is 2. The van der Waals surface area contributed by atoms with E-state index in [4.69, 9.17) is 9.47 Å². The summed E-state index contributed by atoms with van der Waals surface area (Å²) in [7, 11) is 3.26. The summed E-state index contributed by atoms with van der Waals surface area (Å²) in [5.74, 6) is 1.57. The van der Waals surface area contributed by atoms with E-state index in [0.717, 1.165) is 18.5 Å². The van der Waals surface area contributed by atoms with Crippen LogP contribution in [-0.4, -0.2) is 31.6 Å². The van der Waals surface area contributed by atoms with Gasteiger partial charge in [-0.2, -0.15) is 0 Å². The molecule has 1 aliphatic rings. The fourth-order valence-electron chi connectivity index (χ4n) is 4.12. The first-order valence-electron chi connectivity index (χ1n) is 9.83. The number of nitrogens with zero attached hydrogens (tertiary/aromatic N) is 1. The lowest BCUT2D eigenvalue weighted by Gasteiger charge is -2.36. The first kappa shape index (κ1) is 19.5. The van der Waals surface area contributed by atoms with Crippen molar-refractivity contribution in [2.24, 2.45) is 0 Å². The maximum absolute atomic E-state index is 13.3. The number of methoxy groups -OCH3 is 2. The van der Waals surface area contributed by atoms with Gasteiger partial charge in [0.1, 0.15) is 0 Å². The molecule has 1 atom stereocenters. The molecule has 29 heavy (non-hydrogen) atoms. The Bertz CT molecular complexity index is 983. The second-order valence-electron chi connectivity index (χ2n) is 7.10. The molecule has 4 nitrogen and oxygen atoms in total. The van der Waals surface area contributed by atoms with Gasteiger partial charge < -0.3 is 14.4 Å². The van der Waals surface area contributed by atoms with Crippen molar-refractivity contribution in [2.45, 2.75) is 25.3 Å². The van der Waals surface area contributed by atoms with Gasteiger partial charge in [-0.05, 0) is 47.0 Å². The van der Waals surface area contributed by atoms with Crippen LogP contribution < -0.4 is 9.47 Å². The molecule has 0 spiro atoms. The van der Waals surface area contributed by atoms with Gasteiger partial charge in [-0.1, -0.05) is 42.5 Å². The lowest BCUT2D eigenvalue weighted by atomic mass is 9.92. The molecule has 5 heteroatoms. The zero-order valence-corrected chi connectivity index (χ0v) is 17.6. The van der Waals surface area contributed by atoms with Crippen LogP contribution in [0, 0.1) is 0 Å². The molecule has 2 aromatic carbocycles. The number of thiophene rings is 1. The van der Waals surface area contributed by atoms with E-state index in [2.05, 4.69) is 23.6 Å². The van der Waals surface area contributed by atoms with E-state index >= 15 is 0 Å². The summed E-state index contributed by atoms with van der Waals surface area (Å²) in [5, 5.41) is 2.13. The Labute approximate surface area is 175 Å². The van der Waals surface area contributed by atoms with Crippen molar-refractivity contribution in [3.05, 3.63) is 81.5 Å². The fraction of sp³-hybridized carbons (Fsp3) is 0.292. The molecule has 3 aromatic rings. The summed E-state index contributed by atoms with van der Waals surface area (Å²) < 4.78 is 10.9. The summed E-state index contributed by atoms with van der Waals surface area (Å²) >= 11 is 1.79. The van der Waals surface area contributed by atoms with Gasteiger partial charge in [0, 0.05) is 17.8 Å². The van der Waals surface area contributed by atoms with Crippen molar-refractivity contribution >= 4 is 17.2 Å². The van der Waals surface area contributed by atoms with Crippen LogP contribution in [0.5, 0.6) is 11.5 Å². The van der Waals surface area contributed by atoms with Gasteiger partial charge in [-0.3, -0.25) is 4.79 Å². The first-order valence-corrected chi connectivity index (χ1v) is 10.7. The summed E-state index contributed by atoms with van der Waals surface area (Å²) in [5.41, 5.74) is 3.42. The standard InChI is InChI=1S/C24H25NO3S/c1-27-20-10-6-9-18(24(20)28-2)11-12-22(26)25-15-13-21-19(14-16-29-21)23(25)17-7-4-3-5-8-17/h3-10,14,16,23H,11-13,15H2,1-2H3. The van der Waals surface area contributed by atoms with Crippen molar-refractivity contribution in [1.29, 1.82) is 0 Å². The molecule has 1 aromatic heterocycles. The molecule has 1 amide bonds. The number of amides is 1. The van der Waals surface area contributed by atoms with Crippen LogP contribution in [0.1, 0.15) is 34.0 Å². The SMILES string of the molecule is COc1cccc(CCC(=O)N2CCc3sccc3C2c2ccccc2)c1OC. The average molecular weight is 408 g/mol. The van der Waals surface area contributed by atoms with Crippen molar-refractivity contribution in [2.75, 3.05) is 20.8 Å². The van der Waals surface area contributed by atoms with Gasteiger partial charge in [-0.15, -0.1) is 11.3 Å². The topological polar surface area (TPSA) is 38.8 Å². The zero-order chi connectivity index (χ0) is 20.2. The number of benzene rings is 2. The second-order valence-corrected chi connectivity index (χ2v) is 8.10. The number of para-hydroxylation sites is 1. The molecule has 1 aliphatic heterocycles. The van der Waals surface area contributed by atoms with Crippen LogP contribution in [-0.2, 0) is 17.6 Å². The van der Waals surface area contributed by atoms with Gasteiger partial charge in [0.15, 0.2) is 11.5 Å². The number of carbonyl (C=O) groups excluding carboxylic acids is 1. The second kappa shape index (κ2) is 8.70. The molecule has 150 valence electrons. The van der Waals surface area contributed by atoms with E-state index in [-0.39, 0.29) is 11.9 Å². The van der Waals surface area contributed by atoms with E-state index < -0.39 is 0 Å². The number of carbonyl (C=O) groups is 1. The molecule has 0 saturated carbocycles. The lowest BCUT2D eigenvalue weighted by molar-refractivity contribution is -0.133. The molecule has 0 bridgehead atoms. The third-order valence-corrected chi connectivity index (χ3v) is 6.49. The highest BCUT2D eigenvalue weighted by atomic mass is 32.1. The lowest BCUT2D eigenvalue weighted by Crippen LogP contribution is -2.40. The normalized spacial score (nSPS) is 15.7.